The van der Waals surface area contributed by atoms with Gasteiger partial charge < -0.3 is 10.1 Å². The van der Waals surface area contributed by atoms with Gasteiger partial charge in [0, 0.05) is 12.7 Å². The Kier molecular flexibility index (Phi) is 4.35. The van der Waals surface area contributed by atoms with Gasteiger partial charge in [0.25, 0.3) is 5.56 Å². The summed E-state index contributed by atoms with van der Waals surface area (Å²) in [5.74, 6) is 0.518. The first kappa shape index (κ1) is 15.9. The summed E-state index contributed by atoms with van der Waals surface area (Å²) in [5.41, 5.74) is -2.86. The molecule has 0 amide bonds. The summed E-state index contributed by atoms with van der Waals surface area (Å²) >= 11 is 0. The van der Waals surface area contributed by atoms with Crippen LogP contribution >= 0.6 is 0 Å². The molecule has 1 aromatic rings. The average Bonchev–Trinajstić information content (AvgIpc) is 2.40. The Bertz CT molecular complexity index is 713. The van der Waals surface area contributed by atoms with Gasteiger partial charge in [-0.15, -0.1) is 0 Å². The first-order valence-electron chi connectivity index (χ1n) is 6.76. The van der Waals surface area contributed by atoms with Crippen LogP contribution in [0.15, 0.2) is 20.7 Å². The summed E-state index contributed by atoms with van der Waals surface area (Å²) in [6, 6.07) is 0. The molecule has 8 nitrogen and oxygen atoms in total. The molecule has 4 N–H and O–H groups in total. The Morgan fingerprint density at radius 1 is 1.38 bits per heavy atom. The van der Waals surface area contributed by atoms with E-state index in [0.29, 0.717) is 18.8 Å². The zero-order chi connectivity index (χ0) is 15.7. The molecular formula is C12H19N3O5S. The maximum Gasteiger partial charge on any atom is 0.325 e. The predicted octanol–water partition coefficient (Wildman–Crippen LogP) is -0.717. The summed E-state index contributed by atoms with van der Waals surface area (Å²) < 4.78 is 26.3. The lowest BCUT2D eigenvalue weighted by molar-refractivity contribution is -0.00183. The molecule has 1 heterocycles. The van der Waals surface area contributed by atoms with Crippen molar-refractivity contribution in [1.82, 2.24) is 14.7 Å². The predicted molar refractivity (Wildman–Crippen MR) is 75.5 cm³/mol. The van der Waals surface area contributed by atoms with Gasteiger partial charge in [-0.3, -0.25) is 9.78 Å². The van der Waals surface area contributed by atoms with E-state index in [4.69, 9.17) is 0 Å². The number of hydrogen-bond donors (Lipinski definition) is 4. The molecule has 1 fully saturated rings. The van der Waals surface area contributed by atoms with Gasteiger partial charge in [0.15, 0.2) is 4.90 Å². The quantitative estimate of drug-likeness (QED) is 0.582. The number of aromatic amines is 2. The van der Waals surface area contributed by atoms with E-state index in [1.807, 2.05) is 4.98 Å². The molecule has 0 unspecified atom stereocenters. The Hall–Kier alpha value is -1.45. The minimum absolute atomic E-state index is 0.152. The number of aromatic nitrogens is 2. The SMILES string of the molecule is CC1CCC(O)(CNS(=O)(=O)c2c[nH]c(=O)[nH]c2=O)CC1. The molecule has 9 heteroatoms. The highest BCUT2D eigenvalue weighted by Gasteiger charge is 2.33. The molecule has 2 rings (SSSR count). The van der Waals surface area contributed by atoms with Gasteiger partial charge in [-0.1, -0.05) is 6.92 Å². The minimum Gasteiger partial charge on any atom is -0.389 e. The maximum absolute atomic E-state index is 12.0. The van der Waals surface area contributed by atoms with Crippen LogP contribution in [0.25, 0.3) is 0 Å². The third-order valence-corrected chi connectivity index (χ3v) is 5.28. The molecule has 1 saturated carbocycles. The van der Waals surface area contributed by atoms with Crippen LogP contribution in [0.2, 0.25) is 0 Å². The van der Waals surface area contributed by atoms with Crippen molar-refractivity contribution in [1.29, 1.82) is 0 Å². The molecule has 0 atom stereocenters. The van der Waals surface area contributed by atoms with Crippen molar-refractivity contribution in [3.8, 4) is 0 Å². The summed E-state index contributed by atoms with van der Waals surface area (Å²) in [5, 5.41) is 10.3. The molecule has 0 aliphatic heterocycles. The molecule has 1 aromatic heterocycles. The van der Waals surface area contributed by atoms with Gasteiger partial charge >= 0.3 is 5.69 Å². The van der Waals surface area contributed by atoms with Gasteiger partial charge in [-0.25, -0.2) is 17.9 Å². The van der Waals surface area contributed by atoms with E-state index in [2.05, 4.69) is 16.6 Å². The van der Waals surface area contributed by atoms with Crippen LogP contribution in [-0.2, 0) is 10.0 Å². The Morgan fingerprint density at radius 2 is 2.00 bits per heavy atom. The third kappa shape index (κ3) is 3.80. The van der Waals surface area contributed by atoms with Crippen molar-refractivity contribution in [3.63, 3.8) is 0 Å². The second-order valence-corrected chi connectivity index (χ2v) is 7.40. The van der Waals surface area contributed by atoms with Crippen molar-refractivity contribution < 1.29 is 13.5 Å². The zero-order valence-corrected chi connectivity index (χ0v) is 12.5. The van der Waals surface area contributed by atoms with Crippen molar-refractivity contribution >= 4 is 10.0 Å². The van der Waals surface area contributed by atoms with Crippen LogP contribution in [0, 0.1) is 5.92 Å². The Labute approximate surface area is 121 Å². The van der Waals surface area contributed by atoms with E-state index < -0.39 is 31.8 Å². The van der Waals surface area contributed by atoms with Gasteiger partial charge in [-0.2, -0.15) is 0 Å². The highest BCUT2D eigenvalue weighted by molar-refractivity contribution is 7.89. The lowest BCUT2D eigenvalue weighted by Gasteiger charge is -2.34. The van der Waals surface area contributed by atoms with E-state index in [1.54, 1.807) is 0 Å². The number of H-pyrrole nitrogens is 2. The van der Waals surface area contributed by atoms with E-state index >= 15 is 0 Å². The number of hydrogen-bond acceptors (Lipinski definition) is 5. The van der Waals surface area contributed by atoms with Gasteiger partial charge in [0.05, 0.1) is 5.60 Å². The van der Waals surface area contributed by atoms with Gasteiger partial charge in [0.1, 0.15) is 0 Å². The van der Waals surface area contributed by atoms with E-state index in [1.165, 1.54) is 0 Å². The largest absolute Gasteiger partial charge is 0.389 e. The van der Waals surface area contributed by atoms with Crippen LogP contribution in [0.5, 0.6) is 0 Å². The number of sulfonamides is 1. The van der Waals surface area contributed by atoms with E-state index in [9.17, 15) is 23.1 Å². The van der Waals surface area contributed by atoms with E-state index in [0.717, 1.165) is 19.0 Å². The Balaban J connectivity index is 2.11. The Morgan fingerprint density at radius 3 is 2.57 bits per heavy atom. The minimum atomic E-state index is -4.08. The molecule has 0 spiro atoms. The summed E-state index contributed by atoms with van der Waals surface area (Å²) in [6.07, 6.45) is 3.53. The number of aliphatic hydroxyl groups is 1. The molecule has 1 aliphatic carbocycles. The third-order valence-electron chi connectivity index (χ3n) is 3.87. The topological polar surface area (TPSA) is 132 Å². The first-order valence-corrected chi connectivity index (χ1v) is 8.24. The van der Waals surface area contributed by atoms with Crippen LogP contribution < -0.4 is 16.0 Å². The number of nitrogens with one attached hydrogen (secondary N) is 3. The zero-order valence-electron chi connectivity index (χ0n) is 11.7. The fraction of sp³-hybridized carbons (Fsp3) is 0.667. The van der Waals surface area contributed by atoms with Crippen LogP contribution in [0.1, 0.15) is 32.6 Å². The van der Waals surface area contributed by atoms with Gasteiger partial charge in [-0.05, 0) is 31.6 Å². The lowest BCUT2D eigenvalue weighted by Crippen LogP contribution is -2.46. The van der Waals surface area contributed by atoms with Crippen molar-refractivity contribution in [2.75, 3.05) is 6.54 Å². The second-order valence-electron chi connectivity index (χ2n) is 5.67. The molecule has 21 heavy (non-hydrogen) atoms. The molecule has 0 aromatic carbocycles. The lowest BCUT2D eigenvalue weighted by atomic mass is 9.80. The van der Waals surface area contributed by atoms with Crippen LogP contribution in [-0.4, -0.2) is 35.6 Å². The highest BCUT2D eigenvalue weighted by Crippen LogP contribution is 2.31. The monoisotopic (exact) mass is 317 g/mol. The molecule has 0 radical (unpaired) electrons. The second kappa shape index (κ2) is 5.74. The molecular weight excluding hydrogens is 298 g/mol. The van der Waals surface area contributed by atoms with Crippen molar-refractivity contribution in [3.05, 3.63) is 27.0 Å². The maximum atomic E-state index is 12.0. The molecule has 0 bridgehead atoms. The number of rotatable bonds is 4. The fourth-order valence-corrected chi connectivity index (χ4v) is 3.50. The normalized spacial score (nSPS) is 26.7. The van der Waals surface area contributed by atoms with Crippen LogP contribution in [0.4, 0.5) is 0 Å². The smallest absolute Gasteiger partial charge is 0.325 e. The van der Waals surface area contributed by atoms with Gasteiger partial charge in [0.2, 0.25) is 10.0 Å². The van der Waals surface area contributed by atoms with Crippen molar-refractivity contribution in [2.24, 2.45) is 5.92 Å². The summed E-state index contributed by atoms with van der Waals surface area (Å²) in [7, 11) is -4.08. The van der Waals surface area contributed by atoms with Crippen LogP contribution in [0.3, 0.4) is 0 Å². The summed E-state index contributed by atoms with van der Waals surface area (Å²) in [6.45, 7) is 1.93. The highest BCUT2D eigenvalue weighted by atomic mass is 32.2. The molecule has 0 saturated heterocycles. The van der Waals surface area contributed by atoms with E-state index in [-0.39, 0.29) is 6.54 Å². The molecule has 118 valence electrons. The van der Waals surface area contributed by atoms with Crippen molar-refractivity contribution in [2.45, 2.75) is 43.1 Å². The first-order chi connectivity index (χ1) is 9.72. The fourth-order valence-electron chi connectivity index (χ4n) is 2.38. The average molecular weight is 317 g/mol. The summed E-state index contributed by atoms with van der Waals surface area (Å²) in [4.78, 5) is 25.8. The standard InChI is InChI=1S/C12H19N3O5S/c1-8-2-4-12(18,5-3-8)7-14-21(19,20)9-6-13-11(17)15-10(9)16/h6,8,14,18H,2-5,7H2,1H3,(H2,13,15,16,17). The molecule has 1 aliphatic rings.